The third-order valence-corrected chi connectivity index (χ3v) is 3.49. The van der Waals surface area contributed by atoms with Gasteiger partial charge in [0, 0.05) is 25.8 Å². The molecular formula is C12H20N4O. The summed E-state index contributed by atoms with van der Waals surface area (Å²) < 4.78 is 1.63. The molecule has 0 aliphatic heterocycles. The molecule has 5 nitrogen and oxygen atoms in total. The van der Waals surface area contributed by atoms with Gasteiger partial charge >= 0.3 is 0 Å². The van der Waals surface area contributed by atoms with Crippen molar-refractivity contribution in [1.29, 1.82) is 0 Å². The number of nitrogens with one attached hydrogen (secondary N) is 1. The first-order valence-corrected chi connectivity index (χ1v) is 6.21. The van der Waals surface area contributed by atoms with Gasteiger partial charge in [0.1, 0.15) is 5.69 Å². The molecule has 2 rings (SSSR count). The third-order valence-electron chi connectivity index (χ3n) is 3.49. The van der Waals surface area contributed by atoms with Crippen LogP contribution in [0.5, 0.6) is 0 Å². The number of carbonyl (C=O) groups is 1. The van der Waals surface area contributed by atoms with Crippen LogP contribution in [0.25, 0.3) is 0 Å². The Balaban J connectivity index is 1.96. The highest BCUT2D eigenvalue weighted by Gasteiger charge is 2.25. The van der Waals surface area contributed by atoms with Crippen LogP contribution in [-0.2, 0) is 7.05 Å². The summed E-state index contributed by atoms with van der Waals surface area (Å²) in [5, 5.41) is 7.09. The van der Waals surface area contributed by atoms with Gasteiger partial charge in [-0.05, 0) is 24.8 Å². The van der Waals surface area contributed by atoms with E-state index >= 15 is 0 Å². The molecule has 1 aromatic heterocycles. The summed E-state index contributed by atoms with van der Waals surface area (Å²) in [6.07, 6.45) is 6.61. The molecule has 1 aromatic rings. The zero-order chi connectivity index (χ0) is 12.3. The van der Waals surface area contributed by atoms with Crippen LogP contribution in [-0.4, -0.2) is 28.3 Å². The quantitative estimate of drug-likeness (QED) is 0.807. The Kier molecular flexibility index (Phi) is 3.78. The van der Waals surface area contributed by atoms with Crippen LogP contribution < -0.4 is 11.1 Å². The van der Waals surface area contributed by atoms with Gasteiger partial charge in [-0.1, -0.05) is 12.8 Å². The molecular weight excluding hydrogens is 216 g/mol. The predicted molar refractivity (Wildman–Crippen MR) is 65.5 cm³/mol. The fraction of sp³-hybridized carbons (Fsp3) is 0.667. The molecule has 17 heavy (non-hydrogen) atoms. The van der Waals surface area contributed by atoms with E-state index < -0.39 is 0 Å². The van der Waals surface area contributed by atoms with Crippen LogP contribution in [0.2, 0.25) is 0 Å². The first-order valence-electron chi connectivity index (χ1n) is 6.21. The van der Waals surface area contributed by atoms with Crippen molar-refractivity contribution in [2.45, 2.75) is 31.7 Å². The van der Waals surface area contributed by atoms with Crippen LogP contribution in [0, 0.1) is 5.92 Å². The molecule has 3 N–H and O–H groups in total. The zero-order valence-corrected chi connectivity index (χ0v) is 10.2. The maximum Gasteiger partial charge on any atom is 0.272 e. The number of hydrogen-bond donors (Lipinski definition) is 2. The molecule has 1 heterocycles. The SMILES string of the molecule is Cn1ccc(C(=O)NC(CN)C2CCCC2)n1. The lowest BCUT2D eigenvalue weighted by Gasteiger charge is -2.22. The molecule has 1 atom stereocenters. The number of aromatic nitrogens is 2. The summed E-state index contributed by atoms with van der Waals surface area (Å²) in [4.78, 5) is 11.9. The maximum atomic E-state index is 11.9. The number of nitrogens with zero attached hydrogens (tertiary/aromatic N) is 2. The summed E-state index contributed by atoms with van der Waals surface area (Å²) in [5.74, 6) is 0.417. The first-order chi connectivity index (χ1) is 8.20. The molecule has 1 amide bonds. The summed E-state index contributed by atoms with van der Waals surface area (Å²) >= 11 is 0. The summed E-state index contributed by atoms with van der Waals surface area (Å²) in [7, 11) is 1.80. The van der Waals surface area contributed by atoms with E-state index in [-0.39, 0.29) is 11.9 Å². The summed E-state index contributed by atoms with van der Waals surface area (Å²) in [5.41, 5.74) is 6.21. The number of carbonyl (C=O) groups excluding carboxylic acids is 1. The van der Waals surface area contributed by atoms with Gasteiger partial charge in [0.05, 0.1) is 0 Å². The van der Waals surface area contributed by atoms with Gasteiger partial charge in [0.25, 0.3) is 5.91 Å². The predicted octanol–water partition coefficient (Wildman–Crippen LogP) is 0.667. The van der Waals surface area contributed by atoms with E-state index in [1.807, 2.05) is 0 Å². The smallest absolute Gasteiger partial charge is 0.272 e. The van der Waals surface area contributed by atoms with E-state index in [0.29, 0.717) is 18.2 Å². The highest BCUT2D eigenvalue weighted by atomic mass is 16.2. The fourth-order valence-electron chi connectivity index (χ4n) is 2.51. The average Bonchev–Trinajstić information content (AvgIpc) is 2.96. The minimum absolute atomic E-state index is 0.0898. The number of amides is 1. The van der Waals surface area contributed by atoms with Gasteiger partial charge in [-0.3, -0.25) is 9.48 Å². The van der Waals surface area contributed by atoms with E-state index in [9.17, 15) is 4.79 Å². The van der Waals surface area contributed by atoms with Crippen LogP contribution in [0.1, 0.15) is 36.2 Å². The Bertz CT molecular complexity index is 382. The van der Waals surface area contributed by atoms with Crippen molar-refractivity contribution < 1.29 is 4.79 Å². The molecule has 0 bridgehead atoms. The van der Waals surface area contributed by atoms with Crippen molar-refractivity contribution in [2.24, 2.45) is 18.7 Å². The molecule has 1 fully saturated rings. The van der Waals surface area contributed by atoms with Crippen molar-refractivity contribution in [3.63, 3.8) is 0 Å². The average molecular weight is 236 g/mol. The lowest BCUT2D eigenvalue weighted by molar-refractivity contribution is 0.0918. The zero-order valence-electron chi connectivity index (χ0n) is 10.2. The highest BCUT2D eigenvalue weighted by Crippen LogP contribution is 2.27. The highest BCUT2D eigenvalue weighted by molar-refractivity contribution is 5.92. The third kappa shape index (κ3) is 2.85. The van der Waals surface area contributed by atoms with Gasteiger partial charge < -0.3 is 11.1 Å². The number of aryl methyl sites for hydroxylation is 1. The molecule has 0 spiro atoms. The summed E-state index contributed by atoms with van der Waals surface area (Å²) in [6.45, 7) is 0.503. The van der Waals surface area contributed by atoms with Crippen molar-refractivity contribution in [1.82, 2.24) is 15.1 Å². The second-order valence-corrected chi connectivity index (χ2v) is 4.73. The minimum Gasteiger partial charge on any atom is -0.346 e. The van der Waals surface area contributed by atoms with Crippen molar-refractivity contribution >= 4 is 5.91 Å². The Hall–Kier alpha value is -1.36. The Labute approximate surface area is 101 Å². The standard InChI is InChI=1S/C12H20N4O/c1-16-7-6-10(15-16)12(17)14-11(8-13)9-4-2-3-5-9/h6-7,9,11H,2-5,8,13H2,1H3,(H,14,17). The number of hydrogen-bond acceptors (Lipinski definition) is 3. The van der Waals surface area contributed by atoms with E-state index in [1.54, 1.807) is 24.0 Å². The second-order valence-electron chi connectivity index (χ2n) is 4.73. The van der Waals surface area contributed by atoms with Gasteiger partial charge in [0.2, 0.25) is 0 Å². The van der Waals surface area contributed by atoms with E-state index in [1.165, 1.54) is 25.7 Å². The van der Waals surface area contributed by atoms with Gasteiger partial charge in [-0.15, -0.1) is 0 Å². The topological polar surface area (TPSA) is 72.9 Å². The van der Waals surface area contributed by atoms with Crippen molar-refractivity contribution in [3.05, 3.63) is 18.0 Å². The molecule has 1 saturated carbocycles. The molecule has 1 aliphatic carbocycles. The molecule has 94 valence electrons. The lowest BCUT2D eigenvalue weighted by Crippen LogP contribution is -2.44. The second kappa shape index (κ2) is 5.31. The molecule has 0 aromatic carbocycles. The van der Waals surface area contributed by atoms with Crippen LogP contribution in [0.15, 0.2) is 12.3 Å². The largest absolute Gasteiger partial charge is 0.346 e. The summed E-state index contributed by atoms with van der Waals surface area (Å²) in [6, 6.07) is 1.81. The van der Waals surface area contributed by atoms with Crippen molar-refractivity contribution in [3.8, 4) is 0 Å². The maximum absolute atomic E-state index is 11.9. The van der Waals surface area contributed by atoms with E-state index in [2.05, 4.69) is 10.4 Å². The fourth-order valence-corrected chi connectivity index (χ4v) is 2.51. The van der Waals surface area contributed by atoms with Crippen LogP contribution in [0.4, 0.5) is 0 Å². The number of rotatable bonds is 4. The monoisotopic (exact) mass is 236 g/mol. The molecule has 0 saturated heterocycles. The molecule has 0 radical (unpaired) electrons. The number of nitrogens with two attached hydrogens (primary N) is 1. The Morgan fingerprint density at radius 2 is 2.35 bits per heavy atom. The molecule has 1 aliphatic rings. The van der Waals surface area contributed by atoms with Gasteiger partial charge in [-0.2, -0.15) is 5.10 Å². The van der Waals surface area contributed by atoms with E-state index in [0.717, 1.165) is 0 Å². The Morgan fingerprint density at radius 1 is 1.65 bits per heavy atom. The lowest BCUT2D eigenvalue weighted by atomic mass is 9.98. The molecule has 5 heteroatoms. The Morgan fingerprint density at radius 3 is 2.88 bits per heavy atom. The van der Waals surface area contributed by atoms with Crippen molar-refractivity contribution in [2.75, 3.05) is 6.54 Å². The van der Waals surface area contributed by atoms with Crippen LogP contribution in [0.3, 0.4) is 0 Å². The van der Waals surface area contributed by atoms with Crippen LogP contribution >= 0.6 is 0 Å². The van der Waals surface area contributed by atoms with Gasteiger partial charge in [-0.25, -0.2) is 0 Å². The normalized spacial score (nSPS) is 18.2. The molecule has 1 unspecified atom stereocenters. The van der Waals surface area contributed by atoms with E-state index in [4.69, 9.17) is 5.73 Å². The first kappa shape index (κ1) is 12.1. The van der Waals surface area contributed by atoms with Gasteiger partial charge in [0.15, 0.2) is 0 Å². The minimum atomic E-state index is -0.118.